The minimum atomic E-state index is -0.989. The van der Waals surface area contributed by atoms with Crippen molar-refractivity contribution < 1.29 is 33.8 Å². The first-order chi connectivity index (χ1) is 23.0. The Kier molecular flexibility index (Phi) is 12.6. The maximum absolute atomic E-state index is 13.3. The first-order valence-electron chi connectivity index (χ1n) is 16.8. The summed E-state index contributed by atoms with van der Waals surface area (Å²) in [5, 5.41) is 18.3. The van der Waals surface area contributed by atoms with Crippen LogP contribution in [0.3, 0.4) is 0 Å². The molecule has 1 fully saturated rings. The Labute approximate surface area is 283 Å². The molecule has 4 N–H and O–H groups in total. The molecule has 4 rings (SSSR count). The van der Waals surface area contributed by atoms with Crippen molar-refractivity contribution in [3.05, 3.63) is 85.0 Å². The summed E-state index contributed by atoms with van der Waals surface area (Å²) in [5.74, 6) is -2.16. The molecule has 0 aromatic heterocycles. The van der Waals surface area contributed by atoms with Crippen molar-refractivity contribution in [2.24, 2.45) is 5.92 Å². The van der Waals surface area contributed by atoms with Crippen molar-refractivity contribution in [1.29, 1.82) is 0 Å². The SMILES string of the molecule is C=CCC[C@H](NC(=O)OCC1c2ccccc2-c2ccccc21)C(=O)OCC(C)(C)NC(=O)[C@@H](CC=C)CC(=O)NC1(CO)CCCC1. The lowest BCUT2D eigenvalue weighted by Crippen LogP contribution is -2.52. The van der Waals surface area contributed by atoms with Gasteiger partial charge in [0.2, 0.25) is 11.8 Å². The summed E-state index contributed by atoms with van der Waals surface area (Å²) in [6.07, 6.45) is 6.68. The number of carbonyl (C=O) groups excluding carboxylic acids is 4. The molecule has 258 valence electrons. The zero-order chi connectivity index (χ0) is 34.7. The van der Waals surface area contributed by atoms with Gasteiger partial charge in [-0.05, 0) is 68.2 Å². The predicted molar refractivity (Wildman–Crippen MR) is 184 cm³/mol. The number of carbonyl (C=O) groups is 4. The number of aliphatic hydroxyl groups is 1. The molecule has 0 heterocycles. The summed E-state index contributed by atoms with van der Waals surface area (Å²) < 4.78 is 11.2. The molecule has 2 aromatic carbocycles. The summed E-state index contributed by atoms with van der Waals surface area (Å²) in [6, 6.07) is 15.1. The topological polar surface area (TPSA) is 143 Å². The van der Waals surface area contributed by atoms with Gasteiger partial charge in [-0.3, -0.25) is 9.59 Å². The highest BCUT2D eigenvalue weighted by atomic mass is 16.6. The summed E-state index contributed by atoms with van der Waals surface area (Å²) in [5.41, 5.74) is 2.78. The van der Waals surface area contributed by atoms with Gasteiger partial charge in [-0.15, -0.1) is 13.2 Å². The smallest absolute Gasteiger partial charge is 0.407 e. The number of aliphatic hydroxyl groups excluding tert-OH is 1. The first kappa shape index (κ1) is 36.4. The van der Waals surface area contributed by atoms with E-state index in [1.165, 1.54) is 0 Å². The van der Waals surface area contributed by atoms with Gasteiger partial charge in [0.15, 0.2) is 0 Å². The second-order valence-corrected chi connectivity index (χ2v) is 13.5. The number of hydrogen-bond donors (Lipinski definition) is 4. The second kappa shape index (κ2) is 16.6. The van der Waals surface area contributed by atoms with Gasteiger partial charge in [-0.25, -0.2) is 9.59 Å². The molecule has 2 aliphatic carbocycles. The molecule has 0 radical (unpaired) electrons. The van der Waals surface area contributed by atoms with E-state index in [4.69, 9.17) is 9.47 Å². The first-order valence-corrected chi connectivity index (χ1v) is 16.8. The highest BCUT2D eigenvalue weighted by Gasteiger charge is 2.36. The van der Waals surface area contributed by atoms with Crippen molar-refractivity contribution in [2.45, 2.75) is 88.3 Å². The maximum Gasteiger partial charge on any atom is 0.407 e. The summed E-state index contributed by atoms with van der Waals surface area (Å²) in [7, 11) is 0. The molecule has 0 saturated heterocycles. The second-order valence-electron chi connectivity index (χ2n) is 13.5. The average molecular weight is 660 g/mol. The number of esters is 1. The maximum atomic E-state index is 13.3. The van der Waals surface area contributed by atoms with Crippen LogP contribution in [0.2, 0.25) is 0 Å². The third kappa shape index (κ3) is 9.34. The van der Waals surface area contributed by atoms with Crippen molar-refractivity contribution in [3.8, 4) is 11.1 Å². The van der Waals surface area contributed by atoms with Gasteiger partial charge < -0.3 is 30.5 Å². The highest BCUT2D eigenvalue weighted by molar-refractivity contribution is 5.87. The van der Waals surface area contributed by atoms with Crippen LogP contribution < -0.4 is 16.0 Å². The van der Waals surface area contributed by atoms with Crippen LogP contribution in [0.25, 0.3) is 11.1 Å². The summed E-state index contributed by atoms with van der Waals surface area (Å²) in [6.45, 7) is 10.7. The minimum Gasteiger partial charge on any atom is -0.462 e. The molecule has 2 aliphatic rings. The van der Waals surface area contributed by atoms with Crippen LogP contribution in [0.15, 0.2) is 73.8 Å². The van der Waals surface area contributed by atoms with Crippen LogP contribution in [0, 0.1) is 5.92 Å². The van der Waals surface area contributed by atoms with Crippen molar-refractivity contribution in [1.82, 2.24) is 16.0 Å². The Morgan fingerprint density at radius 3 is 2.19 bits per heavy atom. The van der Waals surface area contributed by atoms with Crippen LogP contribution in [0.5, 0.6) is 0 Å². The van der Waals surface area contributed by atoms with Gasteiger partial charge in [-0.1, -0.05) is 73.5 Å². The van der Waals surface area contributed by atoms with Gasteiger partial charge >= 0.3 is 12.1 Å². The van der Waals surface area contributed by atoms with Crippen LogP contribution in [-0.2, 0) is 23.9 Å². The lowest BCUT2D eigenvalue weighted by Gasteiger charge is -2.30. The van der Waals surface area contributed by atoms with Crippen LogP contribution in [0.1, 0.15) is 82.3 Å². The third-order valence-corrected chi connectivity index (χ3v) is 9.14. The monoisotopic (exact) mass is 659 g/mol. The molecule has 10 nitrogen and oxygen atoms in total. The standard InChI is InChI=1S/C38H49N3O7/c1-5-7-19-32(39-36(46)47-23-31-29-17-10-8-15-27(29)28-16-9-11-18-30(28)31)35(45)48-25-37(3,4)41-34(44)26(14-6-2)22-33(43)40-38(24-42)20-12-13-21-38/h5-6,8-11,15-18,26,31-32,42H,1-2,7,12-14,19-25H2,3-4H3,(H,39,46)(H,40,43)(H,41,44)/t26-,32-/m0/s1. The van der Waals surface area contributed by atoms with E-state index in [9.17, 15) is 24.3 Å². The number of amides is 3. The molecule has 48 heavy (non-hydrogen) atoms. The number of benzene rings is 2. The molecule has 2 aromatic rings. The highest BCUT2D eigenvalue weighted by Crippen LogP contribution is 2.44. The Hall–Kier alpha value is -4.44. The number of ether oxygens (including phenoxy) is 2. The van der Waals surface area contributed by atoms with Gasteiger partial charge in [0.25, 0.3) is 0 Å². The Balaban J connectivity index is 1.30. The molecule has 1 saturated carbocycles. The zero-order valence-corrected chi connectivity index (χ0v) is 28.1. The van der Waals surface area contributed by atoms with E-state index in [1.54, 1.807) is 26.0 Å². The average Bonchev–Trinajstić information content (AvgIpc) is 3.67. The quantitative estimate of drug-likeness (QED) is 0.133. The lowest BCUT2D eigenvalue weighted by molar-refractivity contribution is -0.149. The zero-order valence-electron chi connectivity index (χ0n) is 28.1. The van der Waals surface area contributed by atoms with E-state index in [0.29, 0.717) is 19.3 Å². The molecule has 0 unspecified atom stereocenters. The Morgan fingerprint density at radius 1 is 0.979 bits per heavy atom. The molecular formula is C38H49N3O7. The normalized spacial score (nSPS) is 16.1. The molecule has 0 spiro atoms. The van der Waals surface area contributed by atoms with Gasteiger partial charge in [0.1, 0.15) is 19.3 Å². The van der Waals surface area contributed by atoms with E-state index in [0.717, 1.165) is 35.1 Å². The van der Waals surface area contributed by atoms with Gasteiger partial charge in [0.05, 0.1) is 23.6 Å². The number of rotatable bonds is 17. The van der Waals surface area contributed by atoms with Gasteiger partial charge in [0, 0.05) is 12.3 Å². The van der Waals surface area contributed by atoms with E-state index in [2.05, 4.69) is 41.2 Å². The molecular weight excluding hydrogens is 610 g/mol. The molecule has 0 bridgehead atoms. The van der Waals surface area contributed by atoms with E-state index < -0.39 is 35.1 Å². The van der Waals surface area contributed by atoms with Crippen LogP contribution in [0.4, 0.5) is 4.79 Å². The van der Waals surface area contributed by atoms with Crippen molar-refractivity contribution in [2.75, 3.05) is 19.8 Å². The Morgan fingerprint density at radius 2 is 1.60 bits per heavy atom. The molecule has 0 aliphatic heterocycles. The van der Waals surface area contributed by atoms with Crippen LogP contribution in [-0.4, -0.2) is 65.9 Å². The van der Waals surface area contributed by atoms with Crippen molar-refractivity contribution in [3.63, 3.8) is 0 Å². The summed E-state index contributed by atoms with van der Waals surface area (Å²) >= 11 is 0. The molecule has 2 atom stereocenters. The largest absolute Gasteiger partial charge is 0.462 e. The van der Waals surface area contributed by atoms with Crippen molar-refractivity contribution >= 4 is 23.9 Å². The molecule has 3 amide bonds. The Bertz CT molecular complexity index is 1430. The fourth-order valence-corrected chi connectivity index (χ4v) is 6.57. The number of fused-ring (bicyclic) bond motifs is 3. The van der Waals surface area contributed by atoms with E-state index in [-0.39, 0.29) is 56.8 Å². The van der Waals surface area contributed by atoms with E-state index in [1.807, 2.05) is 36.4 Å². The third-order valence-electron chi connectivity index (χ3n) is 9.14. The van der Waals surface area contributed by atoms with Crippen LogP contribution >= 0.6 is 0 Å². The molecule has 10 heteroatoms. The number of alkyl carbamates (subject to hydrolysis) is 1. The fourth-order valence-electron chi connectivity index (χ4n) is 6.57. The predicted octanol–water partition coefficient (Wildman–Crippen LogP) is 5.30. The fraction of sp³-hybridized carbons (Fsp3) is 0.474. The minimum absolute atomic E-state index is 0.0663. The lowest BCUT2D eigenvalue weighted by atomic mass is 9.95. The number of hydrogen-bond acceptors (Lipinski definition) is 7. The number of nitrogens with one attached hydrogen (secondary N) is 3. The number of allylic oxidation sites excluding steroid dienone is 2. The van der Waals surface area contributed by atoms with E-state index >= 15 is 0 Å². The van der Waals surface area contributed by atoms with Gasteiger partial charge in [-0.2, -0.15) is 0 Å². The summed E-state index contributed by atoms with van der Waals surface area (Å²) in [4.78, 5) is 52.2.